The maximum atomic E-state index is 12.9. The molecule has 0 aliphatic carbocycles. The van der Waals surface area contributed by atoms with E-state index in [2.05, 4.69) is 20.8 Å². The van der Waals surface area contributed by atoms with Gasteiger partial charge in [-0.1, -0.05) is 117 Å². The Labute approximate surface area is 179 Å². The van der Waals surface area contributed by atoms with Crippen LogP contribution in [0.2, 0.25) is 0 Å². The fraction of sp³-hybridized carbons (Fsp3) is 1.00. The lowest BCUT2D eigenvalue weighted by atomic mass is 10.1. The van der Waals surface area contributed by atoms with E-state index in [0.29, 0.717) is 0 Å². The molecule has 0 spiro atoms. The third kappa shape index (κ3) is 19.2. The molecular formula is C26H55NO. The topological polar surface area (TPSA) is 23.1 Å². The zero-order valence-corrected chi connectivity index (χ0v) is 20.1. The van der Waals surface area contributed by atoms with E-state index in [1.54, 1.807) is 0 Å². The highest BCUT2D eigenvalue weighted by molar-refractivity contribution is 4.51. The van der Waals surface area contributed by atoms with E-state index in [9.17, 15) is 5.21 Å². The molecule has 0 saturated heterocycles. The van der Waals surface area contributed by atoms with Crippen molar-refractivity contribution in [3.05, 3.63) is 5.21 Å². The fourth-order valence-electron chi connectivity index (χ4n) is 4.20. The van der Waals surface area contributed by atoms with Crippen LogP contribution < -0.4 is 0 Å². The molecule has 0 aliphatic rings. The first-order chi connectivity index (χ1) is 13.7. The quantitative estimate of drug-likeness (QED) is 0.0957. The summed E-state index contributed by atoms with van der Waals surface area (Å²) in [4.78, 5) is 0. The molecule has 0 N–H and O–H groups in total. The molecule has 0 aliphatic heterocycles. The largest absolute Gasteiger partial charge is 0.633 e. The minimum Gasteiger partial charge on any atom is -0.633 e. The summed E-state index contributed by atoms with van der Waals surface area (Å²) >= 11 is 0. The van der Waals surface area contributed by atoms with Crippen LogP contribution in [0.3, 0.4) is 0 Å². The van der Waals surface area contributed by atoms with Crippen molar-refractivity contribution in [1.82, 2.24) is 0 Å². The fourth-order valence-corrected chi connectivity index (χ4v) is 4.20. The third-order valence-corrected chi connectivity index (χ3v) is 6.41. The summed E-state index contributed by atoms with van der Waals surface area (Å²) < 4.78 is 0.0635. The van der Waals surface area contributed by atoms with E-state index >= 15 is 0 Å². The van der Waals surface area contributed by atoms with Crippen molar-refractivity contribution < 1.29 is 4.65 Å². The average molecular weight is 398 g/mol. The van der Waals surface area contributed by atoms with Crippen LogP contribution in [0.1, 0.15) is 149 Å². The van der Waals surface area contributed by atoms with E-state index in [-0.39, 0.29) is 4.65 Å². The Kier molecular flexibility index (Phi) is 21.6. The zero-order chi connectivity index (χ0) is 20.8. The van der Waals surface area contributed by atoms with Gasteiger partial charge in [-0.3, -0.25) is 0 Å². The SMILES string of the molecule is CCCCCCCCCCCC[N+]([O-])(CC)CCCCCCCCCCCC. The smallest absolute Gasteiger partial charge is 0.0783 e. The number of nitrogens with zero attached hydrogens (tertiary/aromatic N) is 1. The molecule has 0 fully saturated rings. The summed E-state index contributed by atoms with van der Waals surface area (Å²) in [5, 5.41) is 12.9. The summed E-state index contributed by atoms with van der Waals surface area (Å²) in [7, 11) is 0. The summed E-state index contributed by atoms with van der Waals surface area (Å²) in [6.07, 6.45) is 27.0. The van der Waals surface area contributed by atoms with Crippen molar-refractivity contribution >= 4 is 0 Å². The number of unbranched alkanes of at least 4 members (excludes halogenated alkanes) is 18. The molecule has 0 aromatic heterocycles. The molecule has 28 heavy (non-hydrogen) atoms. The van der Waals surface area contributed by atoms with Gasteiger partial charge in [-0.2, -0.15) is 0 Å². The van der Waals surface area contributed by atoms with Gasteiger partial charge in [-0.05, 0) is 32.6 Å². The summed E-state index contributed by atoms with van der Waals surface area (Å²) in [5.74, 6) is 0. The van der Waals surface area contributed by atoms with Crippen LogP contribution in [-0.2, 0) is 0 Å². The molecule has 0 rings (SSSR count). The molecule has 0 radical (unpaired) electrons. The van der Waals surface area contributed by atoms with E-state index < -0.39 is 0 Å². The van der Waals surface area contributed by atoms with Crippen LogP contribution in [0, 0.1) is 5.21 Å². The van der Waals surface area contributed by atoms with Gasteiger partial charge in [0, 0.05) is 0 Å². The molecule has 0 aromatic carbocycles. The van der Waals surface area contributed by atoms with Gasteiger partial charge in [0.2, 0.25) is 0 Å². The first-order valence-electron chi connectivity index (χ1n) is 13.3. The molecular weight excluding hydrogens is 342 g/mol. The highest BCUT2D eigenvalue weighted by Gasteiger charge is 2.13. The van der Waals surface area contributed by atoms with E-state index in [1.165, 1.54) is 116 Å². The van der Waals surface area contributed by atoms with Crippen molar-refractivity contribution in [2.75, 3.05) is 19.6 Å². The molecule has 0 saturated carbocycles. The monoisotopic (exact) mass is 397 g/mol. The molecule has 0 aromatic rings. The van der Waals surface area contributed by atoms with Gasteiger partial charge in [-0.15, -0.1) is 0 Å². The lowest BCUT2D eigenvalue weighted by Gasteiger charge is -2.42. The Balaban J connectivity index is 3.47. The normalized spacial score (nSPS) is 12.0. The van der Waals surface area contributed by atoms with Gasteiger partial charge >= 0.3 is 0 Å². The maximum Gasteiger partial charge on any atom is 0.0783 e. The second-order valence-corrected chi connectivity index (χ2v) is 9.19. The van der Waals surface area contributed by atoms with Gasteiger partial charge in [0.05, 0.1) is 19.6 Å². The van der Waals surface area contributed by atoms with Crippen molar-refractivity contribution in [1.29, 1.82) is 0 Å². The van der Waals surface area contributed by atoms with E-state index in [0.717, 1.165) is 32.5 Å². The Morgan fingerprint density at radius 3 is 0.893 bits per heavy atom. The van der Waals surface area contributed by atoms with Crippen LogP contribution in [-0.4, -0.2) is 24.3 Å². The maximum absolute atomic E-state index is 12.9. The number of hydrogen-bond donors (Lipinski definition) is 0. The molecule has 0 heterocycles. The molecule has 0 unspecified atom stereocenters. The lowest BCUT2D eigenvalue weighted by Crippen LogP contribution is -2.43. The highest BCUT2D eigenvalue weighted by Crippen LogP contribution is 2.15. The Morgan fingerprint density at radius 2 is 0.643 bits per heavy atom. The molecule has 0 bridgehead atoms. The standard InChI is InChI=1S/C26H55NO/c1-4-7-9-11-13-15-17-19-21-23-25-27(28,6-3)26-24-22-20-18-16-14-12-10-8-5-2/h4-26H2,1-3H3. The first-order valence-corrected chi connectivity index (χ1v) is 13.3. The number of rotatable bonds is 23. The van der Waals surface area contributed by atoms with Crippen LogP contribution in [0.4, 0.5) is 0 Å². The second-order valence-electron chi connectivity index (χ2n) is 9.19. The molecule has 0 amide bonds. The van der Waals surface area contributed by atoms with Crippen LogP contribution in [0.25, 0.3) is 0 Å². The van der Waals surface area contributed by atoms with Gasteiger partial charge in [0.25, 0.3) is 0 Å². The zero-order valence-electron chi connectivity index (χ0n) is 20.1. The number of quaternary nitrogens is 1. The van der Waals surface area contributed by atoms with Gasteiger partial charge < -0.3 is 9.85 Å². The summed E-state index contributed by atoms with van der Waals surface area (Å²) in [5.41, 5.74) is 0. The van der Waals surface area contributed by atoms with Crippen molar-refractivity contribution in [3.8, 4) is 0 Å². The second kappa shape index (κ2) is 21.6. The van der Waals surface area contributed by atoms with Gasteiger partial charge in [-0.25, -0.2) is 0 Å². The van der Waals surface area contributed by atoms with Crippen LogP contribution >= 0.6 is 0 Å². The Morgan fingerprint density at radius 1 is 0.393 bits per heavy atom. The minimum absolute atomic E-state index is 0.0635. The predicted molar refractivity (Wildman–Crippen MR) is 128 cm³/mol. The average Bonchev–Trinajstić information content (AvgIpc) is 2.71. The van der Waals surface area contributed by atoms with Gasteiger partial charge in [0.15, 0.2) is 0 Å². The van der Waals surface area contributed by atoms with E-state index in [4.69, 9.17) is 0 Å². The number of hydrogen-bond acceptors (Lipinski definition) is 1. The van der Waals surface area contributed by atoms with E-state index in [1.807, 2.05) is 0 Å². The molecule has 0 atom stereocenters. The third-order valence-electron chi connectivity index (χ3n) is 6.41. The summed E-state index contributed by atoms with van der Waals surface area (Å²) in [6.45, 7) is 9.10. The van der Waals surface area contributed by atoms with Crippen molar-refractivity contribution in [2.45, 2.75) is 149 Å². The lowest BCUT2D eigenvalue weighted by molar-refractivity contribution is -0.879. The molecule has 2 heteroatoms. The Hall–Kier alpha value is -0.0800. The van der Waals surface area contributed by atoms with Crippen molar-refractivity contribution in [2.24, 2.45) is 0 Å². The highest BCUT2D eigenvalue weighted by atomic mass is 16.5. The van der Waals surface area contributed by atoms with Crippen LogP contribution in [0.15, 0.2) is 0 Å². The predicted octanol–water partition coefficient (Wildman–Crippen LogP) is 9.16. The molecule has 2 nitrogen and oxygen atoms in total. The number of hydroxylamine groups is 3. The van der Waals surface area contributed by atoms with Gasteiger partial charge in [0.1, 0.15) is 0 Å². The van der Waals surface area contributed by atoms with Crippen molar-refractivity contribution in [3.63, 3.8) is 0 Å². The minimum atomic E-state index is 0.0635. The Bertz CT molecular complexity index is 268. The van der Waals surface area contributed by atoms with Crippen LogP contribution in [0.5, 0.6) is 0 Å². The first kappa shape index (κ1) is 27.9. The molecule has 170 valence electrons. The summed E-state index contributed by atoms with van der Waals surface area (Å²) in [6, 6.07) is 0.